The molecule has 2 N–H and O–H groups in total. The molecule has 0 saturated carbocycles. The van der Waals surface area contributed by atoms with Crippen LogP contribution in [-0.2, 0) is 11.3 Å². The van der Waals surface area contributed by atoms with Gasteiger partial charge in [0.25, 0.3) is 0 Å². The molecular weight excluding hydrogens is 232 g/mol. The first-order chi connectivity index (χ1) is 8.44. The number of carboxylic acid groups (broad SMARTS) is 1. The van der Waals surface area contributed by atoms with Gasteiger partial charge in [-0.15, -0.1) is 0 Å². The first-order valence-electron chi connectivity index (χ1n) is 5.39. The molecule has 5 heteroatoms. The number of hydrogen-bond donors (Lipinski definition) is 2. The Kier molecular flexibility index (Phi) is 2.81. The van der Waals surface area contributed by atoms with E-state index in [4.69, 9.17) is 10.4 Å². The Hall–Kier alpha value is -2.32. The van der Waals surface area contributed by atoms with E-state index in [0.29, 0.717) is 5.56 Å². The summed E-state index contributed by atoms with van der Waals surface area (Å²) in [7, 11) is 0. The topological polar surface area (TPSA) is 86.3 Å². The van der Waals surface area contributed by atoms with Gasteiger partial charge in [0.05, 0.1) is 18.2 Å². The molecule has 2 aromatic rings. The summed E-state index contributed by atoms with van der Waals surface area (Å²) in [6.07, 6.45) is 1.70. The first-order valence-corrected chi connectivity index (χ1v) is 5.39. The van der Waals surface area contributed by atoms with Crippen LogP contribution in [0.15, 0.2) is 30.5 Å². The number of carboxylic acids is 1. The molecule has 0 aliphatic rings. The Bertz CT molecular complexity index is 650. The fourth-order valence-corrected chi connectivity index (χ4v) is 1.79. The summed E-state index contributed by atoms with van der Waals surface area (Å²) in [5.74, 6) is -1.28. The molecule has 0 fully saturated rings. The lowest BCUT2D eigenvalue weighted by atomic mass is 10.1. The number of aliphatic carboxylic acids is 1. The minimum Gasteiger partial charge on any atom is -0.479 e. The maximum atomic E-state index is 10.9. The van der Waals surface area contributed by atoms with Gasteiger partial charge in [-0.1, -0.05) is 6.07 Å². The molecule has 1 heterocycles. The van der Waals surface area contributed by atoms with E-state index in [-0.39, 0.29) is 6.54 Å². The van der Waals surface area contributed by atoms with Crippen LogP contribution in [0, 0.1) is 11.3 Å². The molecule has 0 bridgehead atoms. The summed E-state index contributed by atoms with van der Waals surface area (Å²) in [6.45, 7) is 1.18. The fourth-order valence-electron chi connectivity index (χ4n) is 1.79. The molecule has 1 aromatic heterocycles. The Morgan fingerprint density at radius 2 is 2.22 bits per heavy atom. The van der Waals surface area contributed by atoms with Crippen molar-refractivity contribution in [1.29, 1.82) is 5.26 Å². The number of benzene rings is 1. The third kappa shape index (κ3) is 2.06. The quantitative estimate of drug-likeness (QED) is 0.853. The number of hydrogen-bond acceptors (Lipinski definition) is 3. The van der Waals surface area contributed by atoms with Gasteiger partial charge in [-0.25, -0.2) is 4.79 Å². The van der Waals surface area contributed by atoms with Gasteiger partial charge >= 0.3 is 5.97 Å². The first kappa shape index (κ1) is 12.1. The normalized spacial score (nSPS) is 14.1. The van der Waals surface area contributed by atoms with Crippen LogP contribution < -0.4 is 0 Å². The number of carbonyl (C=O) groups is 1. The van der Waals surface area contributed by atoms with Crippen LogP contribution in [0.1, 0.15) is 12.5 Å². The molecule has 92 valence electrons. The molecular formula is C13H12N2O3. The van der Waals surface area contributed by atoms with E-state index in [0.717, 1.165) is 10.9 Å². The highest BCUT2D eigenvalue weighted by atomic mass is 16.4. The number of aromatic nitrogens is 1. The van der Waals surface area contributed by atoms with E-state index in [2.05, 4.69) is 0 Å². The van der Waals surface area contributed by atoms with Crippen molar-refractivity contribution in [2.75, 3.05) is 0 Å². The molecule has 1 atom stereocenters. The van der Waals surface area contributed by atoms with Crippen LogP contribution >= 0.6 is 0 Å². The Morgan fingerprint density at radius 1 is 1.50 bits per heavy atom. The SMILES string of the molecule is CC(O)(Cn1ccc2ccc(C#N)cc21)C(=O)O. The molecule has 5 nitrogen and oxygen atoms in total. The van der Waals surface area contributed by atoms with Gasteiger partial charge in [-0.3, -0.25) is 0 Å². The van der Waals surface area contributed by atoms with Gasteiger partial charge in [0, 0.05) is 11.7 Å². The van der Waals surface area contributed by atoms with Gasteiger partial charge < -0.3 is 14.8 Å². The maximum Gasteiger partial charge on any atom is 0.337 e. The average molecular weight is 244 g/mol. The van der Waals surface area contributed by atoms with Crippen molar-refractivity contribution < 1.29 is 15.0 Å². The molecule has 18 heavy (non-hydrogen) atoms. The molecule has 0 aliphatic heterocycles. The molecule has 0 spiro atoms. The van der Waals surface area contributed by atoms with Crippen LogP contribution in [0.25, 0.3) is 10.9 Å². The van der Waals surface area contributed by atoms with Crippen molar-refractivity contribution in [3.8, 4) is 6.07 Å². The van der Waals surface area contributed by atoms with Crippen molar-refractivity contribution in [3.05, 3.63) is 36.0 Å². The van der Waals surface area contributed by atoms with Crippen molar-refractivity contribution >= 4 is 16.9 Å². The summed E-state index contributed by atoms with van der Waals surface area (Å²) >= 11 is 0. The second-order valence-corrected chi connectivity index (χ2v) is 4.41. The minimum absolute atomic E-state index is 0.0687. The van der Waals surface area contributed by atoms with E-state index in [1.54, 1.807) is 29.0 Å². The van der Waals surface area contributed by atoms with E-state index in [1.807, 2.05) is 12.1 Å². The monoisotopic (exact) mass is 244 g/mol. The Morgan fingerprint density at radius 3 is 2.83 bits per heavy atom. The number of aliphatic hydroxyl groups is 1. The number of fused-ring (bicyclic) bond motifs is 1. The predicted octanol–water partition coefficient (Wildman–Crippen LogP) is 1.35. The molecule has 1 unspecified atom stereocenters. The zero-order chi connectivity index (χ0) is 13.3. The van der Waals surface area contributed by atoms with Crippen molar-refractivity contribution in [2.45, 2.75) is 19.1 Å². The summed E-state index contributed by atoms with van der Waals surface area (Å²) in [4.78, 5) is 10.9. The minimum atomic E-state index is -1.84. The lowest BCUT2D eigenvalue weighted by Gasteiger charge is -2.19. The van der Waals surface area contributed by atoms with Crippen LogP contribution in [0.4, 0.5) is 0 Å². The molecule has 1 aromatic carbocycles. The highest BCUT2D eigenvalue weighted by molar-refractivity contribution is 5.82. The summed E-state index contributed by atoms with van der Waals surface area (Å²) < 4.78 is 1.63. The van der Waals surface area contributed by atoms with Gasteiger partial charge in [0.2, 0.25) is 0 Å². The standard InChI is InChI=1S/C13H12N2O3/c1-13(18,12(16)17)8-15-5-4-10-3-2-9(7-14)6-11(10)15/h2-6,18H,8H2,1H3,(H,16,17). The van der Waals surface area contributed by atoms with Crippen LogP contribution in [-0.4, -0.2) is 26.4 Å². The van der Waals surface area contributed by atoms with Gasteiger partial charge in [-0.05, 0) is 30.5 Å². The smallest absolute Gasteiger partial charge is 0.337 e. The fraction of sp³-hybridized carbons (Fsp3) is 0.231. The highest BCUT2D eigenvalue weighted by Gasteiger charge is 2.30. The zero-order valence-corrected chi connectivity index (χ0v) is 9.79. The van der Waals surface area contributed by atoms with Crippen LogP contribution in [0.2, 0.25) is 0 Å². The number of nitriles is 1. The number of nitrogens with zero attached hydrogens (tertiary/aromatic N) is 2. The van der Waals surface area contributed by atoms with Crippen LogP contribution in [0.3, 0.4) is 0 Å². The number of rotatable bonds is 3. The molecule has 0 saturated heterocycles. The third-order valence-electron chi connectivity index (χ3n) is 2.84. The van der Waals surface area contributed by atoms with E-state index < -0.39 is 11.6 Å². The lowest BCUT2D eigenvalue weighted by molar-refractivity contribution is -0.157. The predicted molar refractivity (Wildman–Crippen MR) is 64.9 cm³/mol. The van der Waals surface area contributed by atoms with Gasteiger partial charge in [-0.2, -0.15) is 5.26 Å². The Labute approximate surface area is 103 Å². The maximum absolute atomic E-state index is 10.9. The molecule has 0 aliphatic carbocycles. The van der Waals surface area contributed by atoms with E-state index in [9.17, 15) is 9.90 Å². The van der Waals surface area contributed by atoms with Gasteiger partial charge in [0.1, 0.15) is 0 Å². The second kappa shape index (κ2) is 4.17. The van der Waals surface area contributed by atoms with E-state index >= 15 is 0 Å². The lowest BCUT2D eigenvalue weighted by Crippen LogP contribution is -2.39. The zero-order valence-electron chi connectivity index (χ0n) is 9.79. The molecule has 0 radical (unpaired) electrons. The highest BCUT2D eigenvalue weighted by Crippen LogP contribution is 2.20. The van der Waals surface area contributed by atoms with Crippen molar-refractivity contribution in [1.82, 2.24) is 4.57 Å². The largest absolute Gasteiger partial charge is 0.479 e. The van der Waals surface area contributed by atoms with Crippen LogP contribution in [0.5, 0.6) is 0 Å². The van der Waals surface area contributed by atoms with Gasteiger partial charge in [0.15, 0.2) is 5.60 Å². The van der Waals surface area contributed by atoms with Crippen molar-refractivity contribution in [3.63, 3.8) is 0 Å². The molecule has 2 rings (SSSR count). The third-order valence-corrected chi connectivity index (χ3v) is 2.84. The summed E-state index contributed by atoms with van der Waals surface area (Å²) in [5, 5.41) is 28.4. The van der Waals surface area contributed by atoms with Crippen molar-refractivity contribution in [2.24, 2.45) is 0 Å². The second-order valence-electron chi connectivity index (χ2n) is 4.41. The van der Waals surface area contributed by atoms with E-state index in [1.165, 1.54) is 6.92 Å². The summed E-state index contributed by atoms with van der Waals surface area (Å²) in [5.41, 5.74) is -0.609. The molecule has 0 amide bonds. The average Bonchev–Trinajstić information content (AvgIpc) is 2.71. The Balaban J connectivity index is 2.46. The summed E-state index contributed by atoms with van der Waals surface area (Å²) in [6, 6.07) is 9.01.